The van der Waals surface area contributed by atoms with E-state index < -0.39 is 25.7 Å². The largest absolute Gasteiger partial charge is 0.499 e. The van der Waals surface area contributed by atoms with Crippen molar-refractivity contribution in [2.75, 3.05) is 34.4 Å². The Kier molecular flexibility index (Phi) is 9.82. The minimum atomic E-state index is -2.53. The van der Waals surface area contributed by atoms with Gasteiger partial charge in [0.05, 0.1) is 0 Å². The predicted molar refractivity (Wildman–Crippen MR) is 96.5 cm³/mol. The van der Waals surface area contributed by atoms with Crippen molar-refractivity contribution in [2.45, 2.75) is 52.1 Å². The van der Waals surface area contributed by atoms with Crippen LogP contribution in [-0.4, -0.2) is 65.2 Å². The van der Waals surface area contributed by atoms with Crippen molar-refractivity contribution in [2.24, 2.45) is 0 Å². The van der Waals surface area contributed by atoms with E-state index in [2.05, 4.69) is 40.0 Å². The van der Waals surface area contributed by atoms with Crippen molar-refractivity contribution in [3.63, 3.8) is 0 Å². The van der Waals surface area contributed by atoms with Crippen molar-refractivity contribution < 1.29 is 21.9 Å². The van der Waals surface area contributed by atoms with Gasteiger partial charge in [0.25, 0.3) is 0 Å². The molecule has 0 heterocycles. The van der Waals surface area contributed by atoms with Crippen LogP contribution < -0.4 is 0 Å². The summed E-state index contributed by atoms with van der Waals surface area (Å²) in [5, 5.41) is 1.97. The molecule has 0 aliphatic heterocycles. The summed E-state index contributed by atoms with van der Waals surface area (Å²) in [6, 6.07) is 1.69. The van der Waals surface area contributed by atoms with Crippen molar-refractivity contribution in [1.29, 1.82) is 0 Å². The van der Waals surface area contributed by atoms with Gasteiger partial charge in [-0.2, -0.15) is 5.06 Å². The fraction of sp³-hybridized carbons (Fsp3) is 1.00. The number of nitrogens with zero attached hydrogens (tertiary/aromatic N) is 1. The van der Waals surface area contributed by atoms with Gasteiger partial charge in [0.1, 0.15) is 0 Å². The van der Waals surface area contributed by atoms with Gasteiger partial charge < -0.3 is 21.9 Å². The van der Waals surface area contributed by atoms with E-state index in [-0.39, 0.29) is 0 Å². The van der Waals surface area contributed by atoms with E-state index in [0.717, 1.165) is 25.2 Å². The fourth-order valence-electron chi connectivity index (χ4n) is 2.41. The molecular formula is C13H35NO5Si3. The van der Waals surface area contributed by atoms with Crippen LogP contribution in [0.1, 0.15) is 13.8 Å². The van der Waals surface area contributed by atoms with E-state index in [1.165, 1.54) is 0 Å². The van der Waals surface area contributed by atoms with E-state index in [9.17, 15) is 0 Å². The Morgan fingerprint density at radius 3 is 1.59 bits per heavy atom. The molecule has 0 rings (SSSR count). The molecule has 9 heteroatoms. The summed E-state index contributed by atoms with van der Waals surface area (Å²) in [4.78, 5) is 0. The first kappa shape index (κ1) is 22.4. The first-order valence-electron chi connectivity index (χ1n) is 7.89. The molecule has 0 atom stereocenters. The third kappa shape index (κ3) is 7.79. The summed E-state index contributed by atoms with van der Waals surface area (Å²) in [5.74, 6) is 0. The van der Waals surface area contributed by atoms with Crippen LogP contribution in [0.4, 0.5) is 0 Å². The standard InChI is InChI=1S/C13H35NO5Si3/c1-10-14(11-2)18-21(8,9)19-20(6,7)12-13-22(15-3,16-4)17-5/h10-13H2,1-9H3. The zero-order valence-corrected chi connectivity index (χ0v) is 18.8. The molecule has 0 bridgehead atoms. The molecular weight excluding hydrogens is 334 g/mol. The van der Waals surface area contributed by atoms with Crippen LogP contribution in [0.2, 0.25) is 38.3 Å². The Morgan fingerprint density at radius 1 is 0.773 bits per heavy atom. The Morgan fingerprint density at radius 2 is 1.23 bits per heavy atom. The lowest BCUT2D eigenvalue weighted by Gasteiger charge is -2.37. The number of hydrogen-bond donors (Lipinski definition) is 0. The highest BCUT2D eigenvalue weighted by atomic mass is 28.4. The molecule has 0 saturated carbocycles. The summed E-state index contributed by atoms with van der Waals surface area (Å²) in [5.41, 5.74) is 0. The molecule has 0 aliphatic rings. The van der Waals surface area contributed by atoms with Crippen LogP contribution >= 0.6 is 0 Å². The van der Waals surface area contributed by atoms with Crippen LogP contribution in [0.15, 0.2) is 0 Å². The molecule has 0 N–H and O–H groups in total. The monoisotopic (exact) mass is 369 g/mol. The summed E-state index contributed by atoms with van der Waals surface area (Å²) >= 11 is 0. The molecule has 0 saturated heterocycles. The highest BCUT2D eigenvalue weighted by Gasteiger charge is 2.43. The topological polar surface area (TPSA) is 49.4 Å². The average Bonchev–Trinajstić information content (AvgIpc) is 2.45. The molecule has 0 aromatic carbocycles. The highest BCUT2D eigenvalue weighted by molar-refractivity contribution is 6.82. The number of hydroxylamine groups is 2. The third-order valence-electron chi connectivity index (χ3n) is 3.54. The van der Waals surface area contributed by atoms with E-state index in [0.29, 0.717) is 0 Å². The summed E-state index contributed by atoms with van der Waals surface area (Å²) in [7, 11) is -1.66. The van der Waals surface area contributed by atoms with E-state index in [4.69, 9.17) is 21.9 Å². The quantitative estimate of drug-likeness (QED) is 0.389. The Balaban J connectivity index is 4.67. The maximum Gasteiger partial charge on any atom is 0.499 e. The number of hydrogen-bond acceptors (Lipinski definition) is 6. The van der Waals surface area contributed by atoms with Crippen LogP contribution in [0.25, 0.3) is 0 Å². The van der Waals surface area contributed by atoms with Gasteiger partial charge in [-0.05, 0) is 32.2 Å². The zero-order valence-electron chi connectivity index (χ0n) is 15.8. The molecule has 0 aromatic heterocycles. The Bertz CT molecular complexity index is 302. The lowest BCUT2D eigenvalue weighted by atomic mass is 10.6. The van der Waals surface area contributed by atoms with Gasteiger partial charge >= 0.3 is 17.4 Å². The third-order valence-corrected chi connectivity index (χ3v) is 13.1. The van der Waals surface area contributed by atoms with Crippen molar-refractivity contribution in [1.82, 2.24) is 5.06 Å². The molecule has 0 fully saturated rings. The SMILES string of the molecule is CCN(CC)O[Si](C)(C)O[Si](C)(C)CC[Si](OC)(OC)OC. The van der Waals surface area contributed by atoms with Gasteiger partial charge in [-0.15, -0.1) is 0 Å². The van der Waals surface area contributed by atoms with Gasteiger partial charge in [0.15, 0.2) is 8.32 Å². The maximum absolute atomic E-state index is 6.46. The summed E-state index contributed by atoms with van der Waals surface area (Å²) in [6.07, 6.45) is 0. The Labute approximate surface area is 139 Å². The molecule has 6 nitrogen and oxygen atoms in total. The molecule has 0 amide bonds. The minimum Gasteiger partial charge on any atom is -0.435 e. The van der Waals surface area contributed by atoms with Gasteiger partial charge in [0, 0.05) is 40.5 Å². The van der Waals surface area contributed by atoms with E-state index in [1.54, 1.807) is 21.3 Å². The minimum absolute atomic E-state index is 0.769. The lowest BCUT2D eigenvalue weighted by Crippen LogP contribution is -2.51. The number of rotatable bonds is 12. The van der Waals surface area contributed by atoms with Gasteiger partial charge in [0.2, 0.25) is 0 Å². The van der Waals surface area contributed by atoms with Crippen molar-refractivity contribution in [3.05, 3.63) is 0 Å². The molecule has 0 aromatic rings. The van der Waals surface area contributed by atoms with Crippen LogP contribution in [0, 0.1) is 0 Å². The van der Waals surface area contributed by atoms with E-state index in [1.807, 2.05) is 5.06 Å². The van der Waals surface area contributed by atoms with Gasteiger partial charge in [-0.3, -0.25) is 0 Å². The molecule has 0 radical (unpaired) electrons. The van der Waals surface area contributed by atoms with Gasteiger partial charge in [-0.1, -0.05) is 13.8 Å². The lowest BCUT2D eigenvalue weighted by molar-refractivity contribution is -0.0743. The fourth-order valence-corrected chi connectivity index (χ4v) is 13.9. The predicted octanol–water partition coefficient (Wildman–Crippen LogP) is 3.06. The molecule has 0 aliphatic carbocycles. The molecule has 0 unspecified atom stereocenters. The first-order valence-corrected chi connectivity index (χ1v) is 15.7. The smallest absolute Gasteiger partial charge is 0.435 e. The van der Waals surface area contributed by atoms with Crippen LogP contribution in [0.3, 0.4) is 0 Å². The highest BCUT2D eigenvalue weighted by Crippen LogP contribution is 2.26. The van der Waals surface area contributed by atoms with Crippen molar-refractivity contribution in [3.8, 4) is 0 Å². The second-order valence-corrected chi connectivity index (χ2v) is 17.2. The zero-order chi connectivity index (χ0) is 17.4. The first-order chi connectivity index (χ1) is 10.1. The second-order valence-electron chi connectivity index (χ2n) is 6.26. The second kappa shape index (κ2) is 9.64. The molecule has 0 spiro atoms. The maximum atomic E-state index is 6.46. The van der Waals surface area contributed by atoms with E-state index >= 15 is 0 Å². The summed E-state index contributed by atoms with van der Waals surface area (Å²) in [6.45, 7) is 14.6. The average molecular weight is 370 g/mol. The van der Waals surface area contributed by atoms with Gasteiger partial charge in [-0.25, -0.2) is 0 Å². The van der Waals surface area contributed by atoms with Crippen LogP contribution in [0.5, 0.6) is 0 Å². The van der Waals surface area contributed by atoms with Crippen molar-refractivity contribution >= 4 is 25.7 Å². The Hall–Kier alpha value is 0.411. The normalized spacial score (nSPS) is 13.9. The molecule has 22 heavy (non-hydrogen) atoms. The summed E-state index contributed by atoms with van der Waals surface area (Å²) < 4.78 is 29.0. The molecule has 134 valence electrons. The van der Waals surface area contributed by atoms with Crippen LogP contribution in [-0.2, 0) is 21.9 Å².